The second-order valence-electron chi connectivity index (χ2n) is 8.74. The summed E-state index contributed by atoms with van der Waals surface area (Å²) in [6.07, 6.45) is 6.26. The zero-order chi connectivity index (χ0) is 26.0. The lowest BCUT2D eigenvalue weighted by Gasteiger charge is -2.16. The minimum absolute atomic E-state index is 0.110. The number of benzene rings is 3. The van der Waals surface area contributed by atoms with Gasteiger partial charge >= 0.3 is 0 Å². The molecule has 1 N–H and O–H groups in total. The van der Waals surface area contributed by atoms with Gasteiger partial charge in [-0.15, -0.1) is 0 Å². The number of hydrogen-bond donors (Lipinski definition) is 1. The van der Waals surface area contributed by atoms with Crippen LogP contribution in [0.15, 0.2) is 77.9 Å². The molecule has 0 unspecified atom stereocenters. The third kappa shape index (κ3) is 7.33. The van der Waals surface area contributed by atoms with Crippen molar-refractivity contribution >= 4 is 23.7 Å². The first kappa shape index (κ1) is 25.8. The van der Waals surface area contributed by atoms with Crippen molar-refractivity contribution in [3.8, 4) is 17.2 Å². The number of methoxy groups -OCH3 is 1. The lowest BCUT2D eigenvalue weighted by Crippen LogP contribution is -2.22. The van der Waals surface area contributed by atoms with Crippen LogP contribution in [0, 0.1) is 0 Å². The Hall–Kier alpha value is -4.33. The van der Waals surface area contributed by atoms with Gasteiger partial charge in [-0.2, -0.15) is 5.10 Å². The first-order valence-corrected chi connectivity index (χ1v) is 12.3. The van der Waals surface area contributed by atoms with E-state index in [1.807, 2.05) is 36.4 Å². The van der Waals surface area contributed by atoms with Crippen LogP contribution in [-0.2, 0) is 4.79 Å². The van der Waals surface area contributed by atoms with Crippen molar-refractivity contribution in [1.29, 1.82) is 0 Å². The third-order valence-electron chi connectivity index (χ3n) is 5.99. The van der Waals surface area contributed by atoms with Crippen LogP contribution in [0.3, 0.4) is 0 Å². The topological polar surface area (TPSA) is 89.5 Å². The molecule has 8 heteroatoms. The molecular weight excluding hydrogens is 470 g/mol. The zero-order valence-electron chi connectivity index (χ0n) is 21.1. The lowest BCUT2D eigenvalue weighted by atomic mass is 10.2. The molecule has 1 fully saturated rings. The summed E-state index contributed by atoms with van der Waals surface area (Å²) in [6.45, 7) is -0.110. The van der Waals surface area contributed by atoms with E-state index in [-0.39, 0.29) is 24.5 Å². The Bertz CT molecular complexity index is 1220. The van der Waals surface area contributed by atoms with Crippen molar-refractivity contribution in [2.45, 2.75) is 31.8 Å². The molecule has 0 radical (unpaired) electrons. The van der Waals surface area contributed by atoms with Gasteiger partial charge in [0.1, 0.15) is 5.75 Å². The second kappa shape index (κ2) is 12.6. The number of hydrazone groups is 1. The summed E-state index contributed by atoms with van der Waals surface area (Å²) >= 11 is 0. The maximum absolute atomic E-state index is 12.8. The summed E-state index contributed by atoms with van der Waals surface area (Å²) < 4.78 is 17.0. The van der Waals surface area contributed by atoms with E-state index in [0.29, 0.717) is 28.5 Å². The molecule has 1 aliphatic rings. The number of carbonyl (C=O) groups is 2. The molecule has 37 heavy (non-hydrogen) atoms. The van der Waals surface area contributed by atoms with Gasteiger partial charge in [0.15, 0.2) is 18.1 Å². The van der Waals surface area contributed by atoms with Gasteiger partial charge in [0.25, 0.3) is 11.8 Å². The average Bonchev–Trinajstić information content (AvgIpc) is 3.44. The molecule has 0 aromatic heterocycles. The lowest BCUT2D eigenvalue weighted by molar-refractivity contribution is -0.118. The average molecular weight is 502 g/mol. The van der Waals surface area contributed by atoms with Gasteiger partial charge in [-0.3, -0.25) is 9.59 Å². The molecule has 192 valence electrons. The number of nitrogens with one attached hydrogen (secondary N) is 1. The van der Waals surface area contributed by atoms with Crippen LogP contribution in [0.1, 0.15) is 41.6 Å². The molecule has 2 amide bonds. The molecule has 0 spiro atoms. The molecular formula is C29H31N3O5. The largest absolute Gasteiger partial charge is 0.493 e. The molecule has 3 aromatic rings. The Labute approximate surface area is 216 Å². The molecule has 4 rings (SSSR count). The summed E-state index contributed by atoms with van der Waals surface area (Å²) in [5.74, 6) is 1.40. The molecule has 1 saturated carbocycles. The highest BCUT2D eigenvalue weighted by Crippen LogP contribution is 2.32. The fraction of sp³-hybridized carbons (Fsp3) is 0.276. The van der Waals surface area contributed by atoms with E-state index in [2.05, 4.69) is 10.4 Å². The van der Waals surface area contributed by atoms with E-state index in [9.17, 15) is 9.59 Å². The number of ether oxygens (including phenoxy) is 3. The van der Waals surface area contributed by atoms with Crippen molar-refractivity contribution in [3.05, 3.63) is 83.9 Å². The Morgan fingerprint density at radius 1 is 1.00 bits per heavy atom. The minimum Gasteiger partial charge on any atom is -0.493 e. The number of anilines is 1. The molecule has 0 saturated heterocycles. The summed E-state index contributed by atoms with van der Waals surface area (Å²) in [4.78, 5) is 25.0. The molecule has 0 aliphatic heterocycles. The fourth-order valence-electron chi connectivity index (χ4n) is 4.00. The predicted octanol–water partition coefficient (Wildman–Crippen LogP) is 5.14. The van der Waals surface area contributed by atoms with Crippen LogP contribution in [0.2, 0.25) is 0 Å². The summed E-state index contributed by atoms with van der Waals surface area (Å²) in [5.41, 5.74) is 1.81. The molecule has 8 nitrogen and oxygen atoms in total. The number of hydrogen-bond acceptors (Lipinski definition) is 6. The number of amides is 2. The fourth-order valence-corrected chi connectivity index (χ4v) is 4.00. The van der Waals surface area contributed by atoms with Crippen molar-refractivity contribution in [2.75, 3.05) is 26.1 Å². The smallest absolute Gasteiger partial charge is 0.273 e. The molecule has 0 atom stereocenters. The quantitative estimate of drug-likeness (QED) is 0.307. The Kier molecular flexibility index (Phi) is 8.75. The van der Waals surface area contributed by atoms with Crippen molar-refractivity contribution in [3.63, 3.8) is 0 Å². The van der Waals surface area contributed by atoms with Crippen LogP contribution < -0.4 is 19.5 Å². The SMILES string of the molecule is COc1ccc(C=NN(C)C(=O)c2ccc(NC(=O)COc3ccccc3)cc2)cc1OC1CCCC1. The maximum atomic E-state index is 12.8. The van der Waals surface area contributed by atoms with Crippen LogP contribution in [0.4, 0.5) is 5.69 Å². The van der Waals surface area contributed by atoms with Crippen molar-refractivity contribution in [1.82, 2.24) is 5.01 Å². The zero-order valence-corrected chi connectivity index (χ0v) is 21.1. The summed E-state index contributed by atoms with van der Waals surface area (Å²) in [6, 6.07) is 21.3. The monoisotopic (exact) mass is 501 g/mol. The normalized spacial score (nSPS) is 13.4. The Morgan fingerprint density at radius 3 is 2.43 bits per heavy atom. The van der Waals surface area contributed by atoms with E-state index in [4.69, 9.17) is 14.2 Å². The van der Waals surface area contributed by atoms with Gasteiger partial charge in [0.05, 0.1) is 19.4 Å². The van der Waals surface area contributed by atoms with Gasteiger partial charge in [0, 0.05) is 18.3 Å². The van der Waals surface area contributed by atoms with Crippen molar-refractivity contribution in [2.24, 2.45) is 5.10 Å². The minimum atomic E-state index is -0.291. The first-order chi connectivity index (χ1) is 18.0. The predicted molar refractivity (Wildman–Crippen MR) is 143 cm³/mol. The molecule has 3 aromatic carbocycles. The van der Waals surface area contributed by atoms with Gasteiger partial charge in [-0.1, -0.05) is 18.2 Å². The summed E-state index contributed by atoms with van der Waals surface area (Å²) in [7, 11) is 3.21. The Morgan fingerprint density at radius 2 is 1.73 bits per heavy atom. The molecule has 0 bridgehead atoms. The highest BCUT2D eigenvalue weighted by Gasteiger charge is 2.18. The van der Waals surface area contributed by atoms with Gasteiger partial charge in [-0.05, 0) is 85.8 Å². The van der Waals surface area contributed by atoms with E-state index < -0.39 is 0 Å². The van der Waals surface area contributed by atoms with Gasteiger partial charge in [0.2, 0.25) is 0 Å². The molecule has 0 heterocycles. The van der Waals surface area contributed by atoms with Crippen LogP contribution in [0.25, 0.3) is 0 Å². The van der Waals surface area contributed by atoms with Crippen LogP contribution in [0.5, 0.6) is 17.2 Å². The number of nitrogens with zero attached hydrogens (tertiary/aromatic N) is 2. The van der Waals surface area contributed by atoms with E-state index in [1.165, 1.54) is 17.9 Å². The van der Waals surface area contributed by atoms with E-state index >= 15 is 0 Å². The van der Waals surface area contributed by atoms with Crippen molar-refractivity contribution < 1.29 is 23.8 Å². The van der Waals surface area contributed by atoms with E-state index in [0.717, 1.165) is 18.4 Å². The third-order valence-corrected chi connectivity index (χ3v) is 5.99. The highest BCUT2D eigenvalue weighted by molar-refractivity contribution is 5.96. The van der Waals surface area contributed by atoms with Gasteiger partial charge in [-0.25, -0.2) is 5.01 Å². The second-order valence-corrected chi connectivity index (χ2v) is 8.74. The number of carbonyl (C=O) groups excluding carboxylic acids is 2. The first-order valence-electron chi connectivity index (χ1n) is 12.3. The highest BCUT2D eigenvalue weighted by atomic mass is 16.5. The van der Waals surface area contributed by atoms with Gasteiger partial charge < -0.3 is 19.5 Å². The number of para-hydroxylation sites is 1. The maximum Gasteiger partial charge on any atom is 0.273 e. The summed E-state index contributed by atoms with van der Waals surface area (Å²) in [5, 5.41) is 8.32. The Balaban J connectivity index is 1.32. The van der Waals surface area contributed by atoms with E-state index in [1.54, 1.807) is 56.8 Å². The van der Waals surface area contributed by atoms with Crippen LogP contribution in [-0.4, -0.2) is 49.9 Å². The van der Waals surface area contributed by atoms with Crippen LogP contribution >= 0.6 is 0 Å². The standard InChI is InChI=1S/C29H31N3O5/c1-32(30-19-21-12-17-26(35-2)27(18-21)37-25-10-6-7-11-25)29(34)22-13-15-23(16-14-22)31-28(33)20-36-24-8-4-3-5-9-24/h3-5,8-9,12-19,25H,6-7,10-11,20H2,1-2H3,(H,31,33). The number of rotatable bonds is 10. The molecule has 1 aliphatic carbocycles.